The van der Waals surface area contributed by atoms with E-state index in [0.29, 0.717) is 43.5 Å². The first-order valence-electron chi connectivity index (χ1n) is 9.00. The molecule has 0 N–H and O–H groups in total. The number of pyridine rings is 1. The Kier molecular flexibility index (Phi) is 5.29. The summed E-state index contributed by atoms with van der Waals surface area (Å²) in [6.45, 7) is 3.56. The molecule has 0 spiro atoms. The molecule has 1 aliphatic rings. The van der Waals surface area contributed by atoms with Gasteiger partial charge >= 0.3 is 0 Å². The third-order valence-electron chi connectivity index (χ3n) is 4.53. The van der Waals surface area contributed by atoms with Crippen LogP contribution in [0.25, 0.3) is 0 Å². The molecule has 1 fully saturated rings. The van der Waals surface area contributed by atoms with Gasteiger partial charge in [-0.1, -0.05) is 17.3 Å². The summed E-state index contributed by atoms with van der Waals surface area (Å²) in [5.74, 6) is 1.03. The van der Waals surface area contributed by atoms with Crippen LogP contribution in [0.3, 0.4) is 0 Å². The minimum absolute atomic E-state index is 0.100. The molecule has 8 heteroatoms. The maximum atomic E-state index is 13.1. The van der Waals surface area contributed by atoms with Crippen molar-refractivity contribution in [3.05, 3.63) is 71.6 Å². The summed E-state index contributed by atoms with van der Waals surface area (Å²) in [5.41, 5.74) is 2.41. The molecule has 3 aromatic rings. The standard InChI is InChI=1S/C20H20N4O4/c1-14-5-6-17(10-21-14)27-11-15-3-2-4-16(9-15)20(25)24-7-8-26-12-18(24)19-22-13-28-23-19/h2-6,9-10,13,18H,7-8,11-12H2,1H3/t18-/m0/s1. The average molecular weight is 380 g/mol. The van der Waals surface area contributed by atoms with Crippen molar-refractivity contribution in [2.24, 2.45) is 0 Å². The Bertz CT molecular complexity index is 928. The van der Waals surface area contributed by atoms with Crippen molar-refractivity contribution < 1.29 is 18.8 Å². The summed E-state index contributed by atoms with van der Waals surface area (Å²) in [7, 11) is 0. The maximum absolute atomic E-state index is 13.1. The number of carbonyl (C=O) groups excluding carboxylic acids is 1. The third kappa shape index (κ3) is 4.01. The highest BCUT2D eigenvalue weighted by Gasteiger charge is 2.32. The Hall–Kier alpha value is -3.26. The van der Waals surface area contributed by atoms with Crippen LogP contribution in [0.4, 0.5) is 0 Å². The van der Waals surface area contributed by atoms with E-state index in [1.807, 2.05) is 37.3 Å². The minimum atomic E-state index is -0.362. The summed E-state index contributed by atoms with van der Waals surface area (Å²) in [5, 5.41) is 3.87. The molecule has 8 nitrogen and oxygen atoms in total. The Morgan fingerprint density at radius 2 is 2.21 bits per heavy atom. The molecule has 1 aliphatic heterocycles. The second-order valence-corrected chi connectivity index (χ2v) is 6.50. The van der Waals surface area contributed by atoms with Crippen LogP contribution in [0.1, 0.15) is 33.5 Å². The molecular formula is C20H20N4O4. The zero-order chi connectivity index (χ0) is 19.3. The molecule has 0 bridgehead atoms. The normalized spacial score (nSPS) is 16.8. The lowest BCUT2D eigenvalue weighted by Gasteiger charge is -2.33. The Morgan fingerprint density at radius 3 is 3.00 bits per heavy atom. The average Bonchev–Trinajstić information content (AvgIpc) is 3.28. The van der Waals surface area contributed by atoms with E-state index in [1.165, 1.54) is 6.39 Å². The molecule has 0 saturated carbocycles. The second kappa shape index (κ2) is 8.18. The van der Waals surface area contributed by atoms with Crippen LogP contribution in [0.15, 0.2) is 53.5 Å². The van der Waals surface area contributed by atoms with Crippen molar-refractivity contribution in [1.29, 1.82) is 0 Å². The van der Waals surface area contributed by atoms with Gasteiger partial charge in [0.25, 0.3) is 5.91 Å². The third-order valence-corrected chi connectivity index (χ3v) is 4.53. The first-order chi connectivity index (χ1) is 13.7. The van der Waals surface area contributed by atoms with Gasteiger partial charge in [-0.15, -0.1) is 0 Å². The van der Waals surface area contributed by atoms with Crippen LogP contribution in [-0.4, -0.2) is 45.7 Å². The van der Waals surface area contributed by atoms with Crippen molar-refractivity contribution in [3.8, 4) is 5.75 Å². The maximum Gasteiger partial charge on any atom is 0.254 e. The van der Waals surface area contributed by atoms with Crippen molar-refractivity contribution in [3.63, 3.8) is 0 Å². The molecule has 4 rings (SSSR count). The summed E-state index contributed by atoms with van der Waals surface area (Å²) < 4.78 is 16.1. The van der Waals surface area contributed by atoms with E-state index < -0.39 is 0 Å². The van der Waals surface area contributed by atoms with Crippen LogP contribution in [0.5, 0.6) is 5.75 Å². The van der Waals surface area contributed by atoms with Gasteiger partial charge in [-0.05, 0) is 36.8 Å². The van der Waals surface area contributed by atoms with Gasteiger partial charge in [0, 0.05) is 17.8 Å². The lowest BCUT2D eigenvalue weighted by molar-refractivity contribution is -0.00577. The van der Waals surface area contributed by atoms with E-state index in [1.54, 1.807) is 17.2 Å². The number of aryl methyl sites for hydroxylation is 1. The highest BCUT2D eigenvalue weighted by atomic mass is 16.5. The van der Waals surface area contributed by atoms with Gasteiger partial charge in [0.2, 0.25) is 6.39 Å². The van der Waals surface area contributed by atoms with Gasteiger partial charge in [0.1, 0.15) is 18.4 Å². The van der Waals surface area contributed by atoms with Gasteiger partial charge in [-0.25, -0.2) is 0 Å². The molecule has 0 unspecified atom stereocenters. The molecule has 2 aromatic heterocycles. The van der Waals surface area contributed by atoms with Crippen molar-refractivity contribution in [2.75, 3.05) is 19.8 Å². The van der Waals surface area contributed by atoms with E-state index in [2.05, 4.69) is 15.1 Å². The van der Waals surface area contributed by atoms with Crippen LogP contribution in [-0.2, 0) is 11.3 Å². The number of hydrogen-bond donors (Lipinski definition) is 0. The number of ether oxygens (including phenoxy) is 2. The molecule has 28 heavy (non-hydrogen) atoms. The number of rotatable bonds is 5. The monoisotopic (exact) mass is 380 g/mol. The molecule has 0 aliphatic carbocycles. The minimum Gasteiger partial charge on any atom is -0.487 e. The van der Waals surface area contributed by atoms with E-state index in [4.69, 9.17) is 14.0 Å². The van der Waals surface area contributed by atoms with Gasteiger partial charge in [0.05, 0.1) is 19.4 Å². The molecular weight excluding hydrogens is 360 g/mol. The van der Waals surface area contributed by atoms with Crippen LogP contribution < -0.4 is 4.74 Å². The molecule has 1 aromatic carbocycles. The van der Waals surface area contributed by atoms with Crippen LogP contribution >= 0.6 is 0 Å². The molecule has 1 amide bonds. The predicted molar refractivity (Wildman–Crippen MR) is 98.6 cm³/mol. The zero-order valence-electron chi connectivity index (χ0n) is 15.4. The van der Waals surface area contributed by atoms with Crippen LogP contribution in [0.2, 0.25) is 0 Å². The molecule has 1 atom stereocenters. The Balaban J connectivity index is 1.48. The van der Waals surface area contributed by atoms with Crippen molar-refractivity contribution in [1.82, 2.24) is 20.0 Å². The number of benzene rings is 1. The summed E-state index contributed by atoms with van der Waals surface area (Å²) in [6.07, 6.45) is 2.94. The first kappa shape index (κ1) is 18.1. The lowest BCUT2D eigenvalue weighted by atomic mass is 10.1. The molecule has 3 heterocycles. The quantitative estimate of drug-likeness (QED) is 0.672. The van der Waals surface area contributed by atoms with E-state index in [9.17, 15) is 4.79 Å². The van der Waals surface area contributed by atoms with E-state index in [-0.39, 0.29) is 11.9 Å². The molecule has 1 saturated heterocycles. The van der Waals surface area contributed by atoms with Crippen molar-refractivity contribution >= 4 is 5.91 Å². The smallest absolute Gasteiger partial charge is 0.254 e. The number of nitrogens with zero attached hydrogens (tertiary/aromatic N) is 4. The lowest BCUT2D eigenvalue weighted by Crippen LogP contribution is -2.43. The summed E-state index contributed by atoms with van der Waals surface area (Å²) >= 11 is 0. The van der Waals surface area contributed by atoms with Crippen molar-refractivity contribution in [2.45, 2.75) is 19.6 Å². The largest absolute Gasteiger partial charge is 0.487 e. The fourth-order valence-electron chi connectivity index (χ4n) is 3.05. The molecule has 144 valence electrons. The Morgan fingerprint density at radius 1 is 1.29 bits per heavy atom. The number of aromatic nitrogens is 3. The zero-order valence-corrected chi connectivity index (χ0v) is 15.4. The highest BCUT2D eigenvalue weighted by Crippen LogP contribution is 2.24. The van der Waals surface area contributed by atoms with Gasteiger partial charge in [-0.2, -0.15) is 4.98 Å². The summed E-state index contributed by atoms with van der Waals surface area (Å²) in [6, 6.07) is 10.8. The fraction of sp³-hybridized carbons (Fsp3) is 0.300. The van der Waals surface area contributed by atoms with Gasteiger partial charge < -0.3 is 18.9 Å². The molecule has 0 radical (unpaired) electrons. The van der Waals surface area contributed by atoms with Gasteiger partial charge in [0.15, 0.2) is 5.82 Å². The van der Waals surface area contributed by atoms with E-state index in [0.717, 1.165) is 11.3 Å². The number of morpholine rings is 1. The number of carbonyl (C=O) groups is 1. The topological polar surface area (TPSA) is 90.6 Å². The highest BCUT2D eigenvalue weighted by molar-refractivity contribution is 5.94. The number of amides is 1. The Labute approximate surface area is 162 Å². The SMILES string of the molecule is Cc1ccc(OCc2cccc(C(=O)N3CCOC[C@H]3c3ncon3)c2)cn1. The van der Waals surface area contributed by atoms with E-state index >= 15 is 0 Å². The number of hydrogen-bond acceptors (Lipinski definition) is 7. The van der Waals surface area contributed by atoms with Gasteiger partial charge in [-0.3, -0.25) is 9.78 Å². The first-order valence-corrected chi connectivity index (χ1v) is 9.00. The predicted octanol–water partition coefficient (Wildman–Crippen LogP) is 2.57. The second-order valence-electron chi connectivity index (χ2n) is 6.50. The summed E-state index contributed by atoms with van der Waals surface area (Å²) in [4.78, 5) is 23.1. The fourth-order valence-corrected chi connectivity index (χ4v) is 3.05. The van der Waals surface area contributed by atoms with Crippen LogP contribution in [0, 0.1) is 6.92 Å².